The number of carbonyl (C=O) groups is 1. The first kappa shape index (κ1) is 7.11. The summed E-state index contributed by atoms with van der Waals surface area (Å²) in [6, 6.07) is -0.189. The summed E-state index contributed by atoms with van der Waals surface area (Å²) in [5.74, 6) is -0.744. The number of carbonyl (C=O) groups excluding carboxylic acids is 1. The lowest BCUT2D eigenvalue weighted by Gasteiger charge is -2.62. The number of ketones is 1. The summed E-state index contributed by atoms with van der Waals surface area (Å²) in [5, 5.41) is 5.20. The van der Waals surface area contributed by atoms with Gasteiger partial charge in [0.25, 0.3) is 0 Å². The fourth-order valence-corrected chi connectivity index (χ4v) is 4.77. The molecule has 5 heteroatoms. The largest absolute Gasteiger partial charge is 0.493 e. The quantitative estimate of drug-likeness (QED) is 0.881. The lowest BCUT2D eigenvalue weighted by Crippen LogP contribution is -2.76. The average molecular weight is 325 g/mol. The minimum absolute atomic E-state index is 0.0748. The summed E-state index contributed by atoms with van der Waals surface area (Å²) in [7, 11) is -2.86. The molecule has 2 aliphatic carbocycles. The van der Waals surface area contributed by atoms with Crippen molar-refractivity contribution in [2.45, 2.75) is 48.8 Å². The molecule has 1 spiro atoms. The van der Waals surface area contributed by atoms with Crippen molar-refractivity contribution < 1.29 is 31.7 Å². The molecule has 5 rings (SSSR count). The van der Waals surface area contributed by atoms with Crippen molar-refractivity contribution in [3.05, 3.63) is 23.3 Å². The van der Waals surface area contributed by atoms with Gasteiger partial charge >= 0.3 is 0 Å². The van der Waals surface area contributed by atoms with Gasteiger partial charge in [-0.1, -0.05) is 6.07 Å². The van der Waals surface area contributed by atoms with Crippen LogP contribution in [0, 0.1) is 0 Å². The van der Waals surface area contributed by atoms with Gasteiger partial charge < -0.3 is 19.5 Å². The zero-order valence-electron chi connectivity index (χ0n) is 22.1. The molecule has 2 aliphatic heterocycles. The third kappa shape index (κ3) is 1.32. The zero-order valence-corrected chi connectivity index (χ0v) is 12.1. The van der Waals surface area contributed by atoms with Gasteiger partial charge in [0.2, 0.25) is 1.43 Å². The van der Waals surface area contributed by atoms with Crippen LogP contribution in [0.25, 0.3) is 0 Å². The van der Waals surface area contributed by atoms with Crippen LogP contribution in [0.4, 0.5) is 0 Å². The third-order valence-electron chi connectivity index (χ3n) is 5.73. The minimum Gasteiger partial charge on any atom is -0.493 e. The van der Waals surface area contributed by atoms with Crippen molar-refractivity contribution in [2.75, 3.05) is 20.6 Å². The fourth-order valence-electron chi connectivity index (χ4n) is 4.77. The number of ether oxygens (including phenoxy) is 2. The number of likely N-dealkylation sites (N-methyl/N-ethyl adjacent to an activating group) is 1. The lowest BCUT2D eigenvalue weighted by atomic mass is 9.49. The summed E-state index contributed by atoms with van der Waals surface area (Å²) in [5.41, 5.74) is -3.64. The molecular formula is C18H21NO4. The van der Waals surface area contributed by atoms with Crippen molar-refractivity contribution in [1.29, 1.82) is 1.43 Å². The molecule has 2 heterocycles. The summed E-state index contributed by atoms with van der Waals surface area (Å²) < 4.78 is 92.9. The Morgan fingerprint density at radius 1 is 1.61 bits per heavy atom. The van der Waals surface area contributed by atoms with E-state index in [0.29, 0.717) is 0 Å². The highest BCUT2D eigenvalue weighted by Gasteiger charge is 2.72. The van der Waals surface area contributed by atoms with Crippen LogP contribution in [0.3, 0.4) is 0 Å². The number of rotatable bonds is 2. The van der Waals surface area contributed by atoms with Crippen LogP contribution in [0.15, 0.2) is 12.1 Å². The van der Waals surface area contributed by atoms with Gasteiger partial charge in [0, 0.05) is 24.9 Å². The first-order valence-electron chi connectivity index (χ1n) is 12.5. The standard InChI is InChI=1S/C18H21NO4/c1-19-8-7-17-14-10-3-4-12(22-2)15(14)23-16(17)11(20)5-6-18(17,21)13(19)9-10/h3-4,13,16,21H,5-9H2,1-2H3/t13-,16?,17+,18-/m1/s1/i1D3,2D3,9D2,13D,21D. The highest BCUT2D eigenvalue weighted by Crippen LogP contribution is 2.64. The maximum atomic E-state index is 13.0. The van der Waals surface area contributed by atoms with E-state index >= 15 is 0 Å². The third-order valence-corrected chi connectivity index (χ3v) is 5.73. The number of benzene rings is 1. The molecular weight excluding hydrogens is 294 g/mol. The maximum Gasteiger partial charge on any atom is 0.211 e. The number of hydrogen-bond donors (Lipinski definition) is 1. The van der Waals surface area contributed by atoms with Crippen molar-refractivity contribution in [3.8, 4) is 11.5 Å². The van der Waals surface area contributed by atoms with Crippen LogP contribution < -0.4 is 9.47 Å². The van der Waals surface area contributed by atoms with Gasteiger partial charge in [-0.3, -0.25) is 4.79 Å². The topological polar surface area (TPSA) is 59.0 Å². The fraction of sp³-hybridized carbons (Fsp3) is 0.611. The molecule has 0 aromatic heterocycles. The van der Waals surface area contributed by atoms with E-state index in [4.69, 9.17) is 27.0 Å². The van der Waals surface area contributed by atoms with Crippen molar-refractivity contribution in [1.82, 2.24) is 4.90 Å². The van der Waals surface area contributed by atoms with Crippen LogP contribution >= 0.6 is 0 Å². The van der Waals surface area contributed by atoms with Gasteiger partial charge in [-0.2, -0.15) is 0 Å². The molecule has 0 radical (unpaired) electrons. The predicted molar refractivity (Wildman–Crippen MR) is 83.0 cm³/mol. The molecule has 5 nitrogen and oxygen atoms in total. The number of methoxy groups -OCH3 is 1. The SMILES string of the molecule is [2H]O[C@@]12CCC(=O)C3Oc4c(OC([2H])([2H])[2H])ccc5c4[C@@]31CCN(C([2H])([2H])[2H])[C@]2([2H])C5([2H])[2H]. The Labute approximate surface area is 149 Å². The summed E-state index contributed by atoms with van der Waals surface area (Å²) in [4.78, 5) is 13.8. The van der Waals surface area contributed by atoms with E-state index in [1.54, 1.807) is 0 Å². The van der Waals surface area contributed by atoms with Crippen LogP contribution in [0.2, 0.25) is 0 Å². The van der Waals surface area contributed by atoms with Gasteiger partial charge in [0.05, 0.1) is 23.5 Å². The van der Waals surface area contributed by atoms with E-state index < -0.39 is 43.5 Å². The smallest absolute Gasteiger partial charge is 0.211 e. The van der Waals surface area contributed by atoms with Gasteiger partial charge in [-0.15, -0.1) is 0 Å². The van der Waals surface area contributed by atoms with E-state index in [0.717, 1.165) is 4.90 Å². The average Bonchev–Trinajstić information content (AvgIpc) is 3.03. The molecule has 0 amide bonds. The Morgan fingerprint density at radius 2 is 2.57 bits per heavy atom. The molecule has 122 valence electrons. The van der Waals surface area contributed by atoms with Crippen molar-refractivity contribution in [2.24, 2.45) is 0 Å². The van der Waals surface area contributed by atoms with Crippen LogP contribution in [0.1, 0.15) is 42.7 Å². The number of likely N-dealkylation sites (tertiary alicyclic amines) is 1. The minimum atomic E-state index is -2.89. The number of nitrogens with zero attached hydrogens (tertiary/aromatic N) is 1. The first-order chi connectivity index (χ1) is 15.1. The maximum absolute atomic E-state index is 13.0. The van der Waals surface area contributed by atoms with E-state index in [1.165, 1.54) is 12.1 Å². The molecule has 4 atom stereocenters. The van der Waals surface area contributed by atoms with Crippen molar-refractivity contribution >= 4 is 5.78 Å². The molecule has 1 unspecified atom stereocenters. The Kier molecular flexibility index (Phi) is 1.26. The van der Waals surface area contributed by atoms with Crippen LogP contribution in [-0.2, 0) is 16.6 Å². The normalized spacial score (nSPS) is 53.4. The van der Waals surface area contributed by atoms with Gasteiger partial charge in [-0.05, 0) is 44.4 Å². The highest BCUT2D eigenvalue weighted by atomic mass is 16.5. The second-order valence-electron chi connectivity index (χ2n) is 6.56. The lowest BCUT2D eigenvalue weighted by molar-refractivity contribution is -0.185. The second-order valence-corrected chi connectivity index (χ2v) is 6.56. The molecule has 1 N–H and O–H groups in total. The number of Topliss-reactive ketones (excluding diaryl/α,β-unsaturated/α-hetero) is 1. The number of aliphatic hydroxyl groups is 1. The monoisotopic (exact) mass is 325 g/mol. The second kappa shape index (κ2) is 4.08. The van der Waals surface area contributed by atoms with Crippen LogP contribution in [-0.4, -0.2) is 55.5 Å². The summed E-state index contributed by atoms with van der Waals surface area (Å²) in [6.07, 6.45) is -4.57. The van der Waals surface area contributed by atoms with E-state index in [9.17, 15) is 6.17 Å². The molecule has 1 aromatic rings. The molecule has 1 saturated carbocycles. The van der Waals surface area contributed by atoms with Gasteiger partial charge in [0.1, 0.15) is 0 Å². The van der Waals surface area contributed by atoms with Crippen LogP contribution in [0.5, 0.6) is 11.5 Å². The molecule has 2 bridgehead atoms. The molecule has 1 aromatic carbocycles. The Morgan fingerprint density at radius 3 is 3.39 bits per heavy atom. The predicted octanol–water partition coefficient (Wildman–Crippen LogP) is 1.05. The van der Waals surface area contributed by atoms with Gasteiger partial charge in [-0.25, -0.2) is 0 Å². The van der Waals surface area contributed by atoms with E-state index in [2.05, 4.69) is 0 Å². The Bertz CT molecular complexity index is 1060. The van der Waals surface area contributed by atoms with Crippen molar-refractivity contribution in [3.63, 3.8) is 0 Å². The molecule has 1 saturated heterocycles. The number of hydrogen-bond acceptors (Lipinski definition) is 5. The zero-order chi connectivity index (χ0) is 24.4. The summed E-state index contributed by atoms with van der Waals surface area (Å²) >= 11 is 0. The van der Waals surface area contributed by atoms with Gasteiger partial charge in [0.15, 0.2) is 23.4 Å². The number of piperidine rings is 1. The molecule has 4 aliphatic rings. The van der Waals surface area contributed by atoms with E-state index in [1.807, 2.05) is 0 Å². The summed E-state index contributed by atoms with van der Waals surface area (Å²) in [6.45, 7) is -3.18. The highest BCUT2D eigenvalue weighted by molar-refractivity contribution is 5.90. The first-order valence-corrected chi connectivity index (χ1v) is 7.57. The Balaban J connectivity index is 1.90. The molecule has 2 fully saturated rings. The molecule has 23 heavy (non-hydrogen) atoms. The van der Waals surface area contributed by atoms with E-state index in [-0.39, 0.29) is 54.2 Å². The Hall–Kier alpha value is -1.59.